The second-order valence-corrected chi connectivity index (χ2v) is 6.54. The van der Waals surface area contributed by atoms with Gasteiger partial charge >= 0.3 is 5.97 Å². The monoisotopic (exact) mass is 353 g/mol. The van der Waals surface area contributed by atoms with Crippen LogP contribution in [0.5, 0.6) is 0 Å². The average molecular weight is 354 g/mol. The third-order valence-electron chi connectivity index (χ3n) is 4.22. The van der Waals surface area contributed by atoms with Gasteiger partial charge in [0.2, 0.25) is 6.04 Å². The molecule has 0 aliphatic rings. The Kier molecular flexibility index (Phi) is 16.0. The van der Waals surface area contributed by atoms with Gasteiger partial charge in [0, 0.05) is 24.2 Å². The van der Waals surface area contributed by atoms with Crippen LogP contribution in [-0.4, -0.2) is 22.0 Å². The minimum atomic E-state index is -0.772. The maximum atomic E-state index is 11.1. The molecule has 0 saturated carbocycles. The lowest BCUT2D eigenvalue weighted by Gasteiger charge is -2.08. The summed E-state index contributed by atoms with van der Waals surface area (Å²) in [6.45, 7) is 2.20. The summed E-state index contributed by atoms with van der Waals surface area (Å²) in [7, 11) is 0. The van der Waals surface area contributed by atoms with E-state index in [1.54, 1.807) is 0 Å². The summed E-state index contributed by atoms with van der Waals surface area (Å²) in [4.78, 5) is 21.3. The van der Waals surface area contributed by atoms with E-state index in [2.05, 4.69) is 25.2 Å². The van der Waals surface area contributed by atoms with Crippen LogP contribution in [-0.2, 0) is 4.79 Å². The Morgan fingerprint density at radius 2 is 1.64 bits per heavy atom. The molecule has 0 aromatic rings. The number of nitro groups is 1. The van der Waals surface area contributed by atoms with Gasteiger partial charge in [0.25, 0.3) is 0 Å². The molecular weight excluding hydrogens is 318 g/mol. The highest BCUT2D eigenvalue weighted by Gasteiger charge is 2.18. The van der Waals surface area contributed by atoms with Crippen molar-refractivity contribution in [2.24, 2.45) is 0 Å². The molecular formula is C20H35NO4. The second-order valence-electron chi connectivity index (χ2n) is 6.54. The molecule has 1 atom stereocenters. The average Bonchev–Trinajstić information content (AvgIpc) is 2.57. The van der Waals surface area contributed by atoms with Crippen molar-refractivity contribution in [1.29, 1.82) is 0 Å². The third-order valence-corrected chi connectivity index (χ3v) is 4.22. The van der Waals surface area contributed by atoms with Crippen LogP contribution < -0.4 is 0 Å². The van der Waals surface area contributed by atoms with Crippen LogP contribution >= 0.6 is 0 Å². The maximum Gasteiger partial charge on any atom is 0.303 e. The van der Waals surface area contributed by atoms with Gasteiger partial charge in [-0.2, -0.15) is 0 Å². The minimum absolute atomic E-state index is 0.168. The Balaban J connectivity index is 3.73. The number of carboxylic acid groups (broad SMARTS) is 1. The number of unbranched alkanes of at least 4 members (excludes halogenated alkanes) is 6. The molecule has 5 heteroatoms. The molecule has 0 aromatic carbocycles. The molecule has 144 valence electrons. The first-order valence-corrected chi connectivity index (χ1v) is 9.73. The molecule has 0 aliphatic carbocycles. The highest BCUT2D eigenvalue weighted by Crippen LogP contribution is 2.13. The fraction of sp³-hybridized carbons (Fsp3) is 0.750. The van der Waals surface area contributed by atoms with Crippen LogP contribution in [0.3, 0.4) is 0 Å². The molecule has 0 bridgehead atoms. The second kappa shape index (κ2) is 17.2. The van der Waals surface area contributed by atoms with Gasteiger partial charge in [0.1, 0.15) is 0 Å². The van der Waals surface area contributed by atoms with Gasteiger partial charge in [-0.05, 0) is 38.5 Å². The zero-order valence-corrected chi connectivity index (χ0v) is 15.7. The van der Waals surface area contributed by atoms with E-state index in [-0.39, 0.29) is 11.3 Å². The van der Waals surface area contributed by atoms with E-state index in [0.717, 1.165) is 38.5 Å². The predicted octanol–water partition coefficient (Wildman–Crippen LogP) is 5.92. The van der Waals surface area contributed by atoms with E-state index in [9.17, 15) is 14.9 Å². The molecule has 5 nitrogen and oxygen atoms in total. The summed E-state index contributed by atoms with van der Waals surface area (Å²) in [6, 6.07) is -0.478. The lowest BCUT2D eigenvalue weighted by Crippen LogP contribution is -2.18. The van der Waals surface area contributed by atoms with Crippen LogP contribution in [0.25, 0.3) is 0 Å². The number of aliphatic carboxylic acids is 1. The van der Waals surface area contributed by atoms with Crippen LogP contribution in [0.2, 0.25) is 0 Å². The van der Waals surface area contributed by atoms with Gasteiger partial charge < -0.3 is 5.11 Å². The maximum absolute atomic E-state index is 11.1. The van der Waals surface area contributed by atoms with Gasteiger partial charge in [-0.25, -0.2) is 0 Å². The lowest BCUT2D eigenvalue weighted by molar-refractivity contribution is -0.524. The highest BCUT2D eigenvalue weighted by atomic mass is 16.6. The number of nitrogens with zero attached hydrogens (tertiary/aromatic N) is 1. The normalized spacial score (nSPS) is 12.8. The van der Waals surface area contributed by atoms with Gasteiger partial charge in [-0.3, -0.25) is 14.9 Å². The molecule has 1 unspecified atom stereocenters. The predicted molar refractivity (Wildman–Crippen MR) is 102 cm³/mol. The van der Waals surface area contributed by atoms with Gasteiger partial charge in [-0.15, -0.1) is 0 Å². The molecule has 0 aliphatic heterocycles. The summed E-state index contributed by atoms with van der Waals surface area (Å²) >= 11 is 0. The quantitative estimate of drug-likeness (QED) is 0.152. The first kappa shape index (κ1) is 23.4. The van der Waals surface area contributed by atoms with Crippen LogP contribution in [0.1, 0.15) is 90.4 Å². The van der Waals surface area contributed by atoms with Crippen molar-refractivity contribution in [3.63, 3.8) is 0 Å². The van der Waals surface area contributed by atoms with Crippen molar-refractivity contribution in [2.75, 3.05) is 0 Å². The Labute approximate surface area is 152 Å². The lowest BCUT2D eigenvalue weighted by atomic mass is 10.0. The summed E-state index contributed by atoms with van der Waals surface area (Å²) < 4.78 is 0. The first-order valence-electron chi connectivity index (χ1n) is 9.73. The smallest absolute Gasteiger partial charge is 0.303 e. The number of rotatable bonds is 17. The van der Waals surface area contributed by atoms with E-state index in [1.165, 1.54) is 19.3 Å². The van der Waals surface area contributed by atoms with Crippen LogP contribution in [0.15, 0.2) is 24.3 Å². The molecule has 0 spiro atoms. The molecule has 0 aromatic heterocycles. The van der Waals surface area contributed by atoms with E-state index in [1.807, 2.05) is 6.08 Å². The van der Waals surface area contributed by atoms with Crippen molar-refractivity contribution >= 4 is 5.97 Å². The fourth-order valence-corrected chi connectivity index (χ4v) is 2.67. The SMILES string of the molecule is CCCCCC=CC/C=C/CCC(CCCCCCC(=O)O)[N+](=O)[O-]. The summed E-state index contributed by atoms with van der Waals surface area (Å²) in [5, 5.41) is 19.6. The third kappa shape index (κ3) is 17.0. The Bertz CT molecular complexity index is 405. The zero-order chi connectivity index (χ0) is 18.8. The molecule has 0 amide bonds. The Morgan fingerprint density at radius 3 is 2.28 bits per heavy atom. The van der Waals surface area contributed by atoms with Gasteiger partial charge in [0.05, 0.1) is 0 Å². The molecule has 1 N–H and O–H groups in total. The van der Waals surface area contributed by atoms with E-state index < -0.39 is 12.0 Å². The molecule has 0 saturated heterocycles. The number of hydrogen-bond donors (Lipinski definition) is 1. The molecule has 0 fully saturated rings. The van der Waals surface area contributed by atoms with Crippen molar-refractivity contribution in [1.82, 2.24) is 0 Å². The standard InChI is InChI=1S/C20H35NO4/c1-2-3-4-5-6-7-8-9-10-13-16-19(21(24)25)17-14-11-12-15-18-20(22)23/h6-7,9-10,19H,2-5,8,11-18H2,1H3,(H,22,23)/b7-6?,10-9+. The number of carbonyl (C=O) groups is 1. The molecule has 0 heterocycles. The molecule has 0 radical (unpaired) electrons. The van der Waals surface area contributed by atoms with E-state index in [4.69, 9.17) is 5.11 Å². The van der Waals surface area contributed by atoms with Crippen molar-refractivity contribution < 1.29 is 14.8 Å². The Hall–Kier alpha value is -1.65. The largest absolute Gasteiger partial charge is 0.481 e. The highest BCUT2D eigenvalue weighted by molar-refractivity contribution is 5.66. The van der Waals surface area contributed by atoms with Crippen molar-refractivity contribution in [2.45, 2.75) is 96.4 Å². The van der Waals surface area contributed by atoms with Crippen LogP contribution in [0.4, 0.5) is 0 Å². The fourth-order valence-electron chi connectivity index (χ4n) is 2.67. The van der Waals surface area contributed by atoms with E-state index in [0.29, 0.717) is 19.3 Å². The van der Waals surface area contributed by atoms with Crippen LogP contribution in [0, 0.1) is 10.1 Å². The summed E-state index contributed by atoms with van der Waals surface area (Å²) in [5.41, 5.74) is 0. The first-order chi connectivity index (χ1) is 12.1. The minimum Gasteiger partial charge on any atom is -0.481 e. The topological polar surface area (TPSA) is 80.4 Å². The van der Waals surface area contributed by atoms with E-state index >= 15 is 0 Å². The zero-order valence-electron chi connectivity index (χ0n) is 15.7. The van der Waals surface area contributed by atoms with Crippen molar-refractivity contribution in [3.8, 4) is 0 Å². The van der Waals surface area contributed by atoms with Crippen molar-refractivity contribution in [3.05, 3.63) is 34.4 Å². The summed E-state index contributed by atoms with van der Waals surface area (Å²) in [6.07, 6.45) is 19.6. The Morgan fingerprint density at radius 1 is 0.960 bits per heavy atom. The number of allylic oxidation sites excluding steroid dienone is 4. The molecule has 0 rings (SSSR count). The summed E-state index contributed by atoms with van der Waals surface area (Å²) in [5.74, 6) is -0.772. The number of carboxylic acids is 1. The molecule has 25 heavy (non-hydrogen) atoms. The van der Waals surface area contributed by atoms with Gasteiger partial charge in [0.15, 0.2) is 0 Å². The number of hydrogen-bond acceptors (Lipinski definition) is 3. The van der Waals surface area contributed by atoms with Gasteiger partial charge in [-0.1, -0.05) is 56.9 Å².